The fraction of sp³-hybridized carbons (Fsp3) is 0.722. The third kappa shape index (κ3) is 4.02. The Kier molecular flexibility index (Phi) is 5.19. The summed E-state index contributed by atoms with van der Waals surface area (Å²) in [5, 5.41) is 9.68. The highest BCUT2D eigenvalue weighted by Crippen LogP contribution is 2.51. The molecule has 0 amide bonds. The van der Waals surface area contributed by atoms with Gasteiger partial charge in [-0.1, -0.05) is 27.7 Å². The molecular formula is C18H28N2S. The maximum absolute atomic E-state index is 9.68. The van der Waals surface area contributed by atoms with Crippen molar-refractivity contribution in [3.8, 4) is 6.07 Å². The highest BCUT2D eigenvalue weighted by molar-refractivity contribution is 7.99. The second kappa shape index (κ2) is 6.03. The first-order chi connectivity index (χ1) is 9.44. The van der Waals surface area contributed by atoms with E-state index in [1.165, 1.54) is 5.57 Å². The third-order valence-electron chi connectivity index (χ3n) is 3.78. The molecule has 21 heavy (non-hydrogen) atoms. The zero-order chi connectivity index (χ0) is 16.5. The molecule has 0 atom stereocenters. The van der Waals surface area contributed by atoms with E-state index in [0.29, 0.717) is 0 Å². The van der Waals surface area contributed by atoms with Crippen LogP contribution in [0.25, 0.3) is 0 Å². The first-order valence-electron chi connectivity index (χ1n) is 7.46. The molecule has 0 aromatic carbocycles. The molecule has 0 N–H and O–H groups in total. The van der Waals surface area contributed by atoms with Gasteiger partial charge in [0.2, 0.25) is 0 Å². The predicted molar refractivity (Wildman–Crippen MR) is 93.6 cm³/mol. The van der Waals surface area contributed by atoms with Crippen molar-refractivity contribution in [2.75, 3.05) is 11.5 Å². The van der Waals surface area contributed by atoms with Crippen LogP contribution >= 0.6 is 11.8 Å². The summed E-state index contributed by atoms with van der Waals surface area (Å²) in [6.07, 6.45) is 0. The van der Waals surface area contributed by atoms with E-state index < -0.39 is 5.41 Å². The van der Waals surface area contributed by atoms with Gasteiger partial charge >= 0.3 is 0 Å². The van der Waals surface area contributed by atoms with Gasteiger partial charge in [-0.05, 0) is 50.1 Å². The van der Waals surface area contributed by atoms with E-state index in [1.54, 1.807) is 0 Å². The lowest BCUT2D eigenvalue weighted by Gasteiger charge is -2.36. The number of allylic oxidation sites excluding steroid dienone is 3. The number of aliphatic imine (C=N–C) groups is 1. The van der Waals surface area contributed by atoms with Gasteiger partial charge in [-0.25, -0.2) is 4.99 Å². The lowest BCUT2D eigenvalue weighted by molar-refractivity contribution is 0.381. The zero-order valence-corrected chi connectivity index (χ0v) is 15.5. The van der Waals surface area contributed by atoms with Crippen LogP contribution in [-0.4, -0.2) is 17.4 Å². The molecule has 0 saturated carbocycles. The number of nitrogens with zero attached hydrogens (tertiary/aromatic N) is 2. The minimum Gasteiger partial charge on any atom is -0.210 e. The van der Waals surface area contributed by atoms with Crippen molar-refractivity contribution >= 4 is 17.6 Å². The molecule has 0 fully saturated rings. The topological polar surface area (TPSA) is 36.1 Å². The Balaban J connectivity index is 3.78. The van der Waals surface area contributed by atoms with Crippen LogP contribution in [0.2, 0.25) is 0 Å². The molecule has 0 aromatic rings. The molecule has 1 aliphatic heterocycles. The van der Waals surface area contributed by atoms with Crippen LogP contribution in [0, 0.1) is 27.6 Å². The Labute approximate surface area is 134 Å². The summed E-state index contributed by atoms with van der Waals surface area (Å²) in [5.41, 5.74) is 2.66. The molecule has 0 aliphatic carbocycles. The van der Waals surface area contributed by atoms with Crippen molar-refractivity contribution in [1.82, 2.24) is 0 Å². The van der Waals surface area contributed by atoms with Crippen molar-refractivity contribution in [3.05, 3.63) is 16.8 Å². The normalized spacial score (nSPS) is 21.1. The number of nitriles is 1. The molecule has 3 heteroatoms. The average Bonchev–Trinajstić information content (AvgIpc) is 2.40. The highest BCUT2D eigenvalue weighted by atomic mass is 32.2. The maximum Gasteiger partial charge on any atom is 0.0752 e. The first kappa shape index (κ1) is 18.1. The lowest BCUT2D eigenvalue weighted by Crippen LogP contribution is -2.31. The molecule has 1 heterocycles. The minimum absolute atomic E-state index is 0.0418. The summed E-state index contributed by atoms with van der Waals surface area (Å²) in [7, 11) is 0. The Hall–Kier alpha value is -0.970. The van der Waals surface area contributed by atoms with Crippen LogP contribution < -0.4 is 0 Å². The van der Waals surface area contributed by atoms with E-state index in [9.17, 15) is 5.26 Å². The number of rotatable bonds is 2. The molecule has 0 spiro atoms. The van der Waals surface area contributed by atoms with Crippen molar-refractivity contribution in [2.24, 2.45) is 21.2 Å². The van der Waals surface area contributed by atoms with Gasteiger partial charge in [0, 0.05) is 16.9 Å². The Bertz CT molecular complexity index is 546. The fourth-order valence-corrected chi connectivity index (χ4v) is 4.34. The molecule has 1 aliphatic rings. The minimum atomic E-state index is -0.520. The van der Waals surface area contributed by atoms with Gasteiger partial charge in [0.15, 0.2) is 0 Å². The SMILES string of the molecule is CC(C)=C=NC1=C(C(C)(C)C#N)C(C)(C)CSCC1(C)C. The lowest BCUT2D eigenvalue weighted by atomic mass is 9.67. The predicted octanol–water partition coefficient (Wildman–Crippen LogP) is 5.23. The Morgan fingerprint density at radius 2 is 1.67 bits per heavy atom. The van der Waals surface area contributed by atoms with E-state index in [1.807, 2.05) is 39.5 Å². The maximum atomic E-state index is 9.68. The van der Waals surface area contributed by atoms with Crippen molar-refractivity contribution in [2.45, 2.75) is 55.4 Å². The summed E-state index contributed by atoms with van der Waals surface area (Å²) >= 11 is 1.95. The van der Waals surface area contributed by atoms with Crippen LogP contribution in [0.3, 0.4) is 0 Å². The van der Waals surface area contributed by atoms with Gasteiger partial charge < -0.3 is 0 Å². The van der Waals surface area contributed by atoms with E-state index in [4.69, 9.17) is 4.99 Å². The second-order valence-corrected chi connectivity index (χ2v) is 8.93. The zero-order valence-electron chi connectivity index (χ0n) is 14.7. The van der Waals surface area contributed by atoms with Gasteiger partial charge in [0.25, 0.3) is 0 Å². The van der Waals surface area contributed by atoms with E-state index in [-0.39, 0.29) is 10.8 Å². The van der Waals surface area contributed by atoms with E-state index >= 15 is 0 Å². The van der Waals surface area contributed by atoms with Gasteiger partial charge in [-0.3, -0.25) is 0 Å². The summed E-state index contributed by atoms with van der Waals surface area (Å²) in [6, 6.07) is 2.49. The smallest absolute Gasteiger partial charge is 0.0752 e. The monoisotopic (exact) mass is 304 g/mol. The van der Waals surface area contributed by atoms with Crippen molar-refractivity contribution in [3.63, 3.8) is 0 Å². The van der Waals surface area contributed by atoms with Gasteiger partial charge in [0.05, 0.1) is 17.2 Å². The molecule has 0 saturated heterocycles. The molecule has 2 nitrogen and oxygen atoms in total. The first-order valence-corrected chi connectivity index (χ1v) is 8.61. The molecule has 116 valence electrons. The number of hydrogen-bond donors (Lipinski definition) is 0. The highest BCUT2D eigenvalue weighted by Gasteiger charge is 2.43. The van der Waals surface area contributed by atoms with Crippen LogP contribution in [0.1, 0.15) is 55.4 Å². The summed E-state index contributed by atoms with van der Waals surface area (Å²) in [6.45, 7) is 16.9. The third-order valence-corrected chi connectivity index (χ3v) is 5.63. The van der Waals surface area contributed by atoms with Crippen LogP contribution in [-0.2, 0) is 0 Å². The van der Waals surface area contributed by atoms with E-state index in [2.05, 4.69) is 39.6 Å². The van der Waals surface area contributed by atoms with Gasteiger partial charge in [0.1, 0.15) is 0 Å². The molecule has 0 radical (unpaired) electrons. The standard InChI is InChI=1S/C18H28N2S/c1-13(2)9-20-15-14(16(3,4)10-19)17(5,6)11-21-12-18(15,7)8/h11-12H2,1-8H3. The summed E-state index contributed by atoms with van der Waals surface area (Å²) in [5.74, 6) is 5.16. The van der Waals surface area contributed by atoms with Gasteiger partial charge in [-0.15, -0.1) is 0 Å². The summed E-state index contributed by atoms with van der Waals surface area (Å²) < 4.78 is 0. The fourth-order valence-electron chi connectivity index (χ4n) is 2.93. The van der Waals surface area contributed by atoms with Crippen LogP contribution in [0.4, 0.5) is 0 Å². The molecule has 0 unspecified atom stereocenters. The van der Waals surface area contributed by atoms with Crippen LogP contribution in [0.5, 0.6) is 0 Å². The van der Waals surface area contributed by atoms with E-state index in [0.717, 1.165) is 22.8 Å². The Morgan fingerprint density at radius 3 is 2.14 bits per heavy atom. The molecule has 0 aromatic heterocycles. The molecule has 0 bridgehead atoms. The second-order valence-electron chi connectivity index (χ2n) is 7.94. The summed E-state index contributed by atoms with van der Waals surface area (Å²) in [4.78, 5) is 4.71. The molecule has 1 rings (SSSR count). The largest absolute Gasteiger partial charge is 0.210 e. The van der Waals surface area contributed by atoms with Crippen LogP contribution in [0.15, 0.2) is 21.8 Å². The quantitative estimate of drug-likeness (QED) is 0.655. The van der Waals surface area contributed by atoms with Crippen molar-refractivity contribution in [1.29, 1.82) is 5.26 Å². The average molecular weight is 305 g/mol. The Morgan fingerprint density at radius 1 is 1.14 bits per heavy atom. The molecular weight excluding hydrogens is 276 g/mol. The number of thioether (sulfide) groups is 1. The number of hydrogen-bond acceptors (Lipinski definition) is 3. The van der Waals surface area contributed by atoms with Crippen molar-refractivity contribution < 1.29 is 0 Å². The van der Waals surface area contributed by atoms with Gasteiger partial charge in [-0.2, -0.15) is 17.0 Å².